The Balaban J connectivity index is 2.16. The molecule has 94 valence electrons. The van der Waals surface area contributed by atoms with Gasteiger partial charge in [0.2, 0.25) is 5.76 Å². The average Bonchev–Trinajstić information content (AvgIpc) is 2.79. The topological polar surface area (TPSA) is 48.7 Å². The predicted molar refractivity (Wildman–Crippen MR) is 69.0 cm³/mol. The van der Waals surface area contributed by atoms with Crippen molar-refractivity contribution >= 4 is 21.9 Å². The maximum atomic E-state index is 11.8. The van der Waals surface area contributed by atoms with Gasteiger partial charge in [0.1, 0.15) is 0 Å². The SMILES string of the molecule is CCOc1ccccc1OC(=O)c1ccc(Br)o1. The van der Waals surface area contributed by atoms with Gasteiger partial charge in [0.05, 0.1) is 6.61 Å². The standard InChI is InChI=1S/C13H11BrO4/c1-2-16-9-5-3-4-6-10(9)18-13(15)11-7-8-12(14)17-11/h3-8H,2H2,1H3. The number of benzene rings is 1. The Labute approximate surface area is 113 Å². The summed E-state index contributed by atoms with van der Waals surface area (Å²) in [6, 6.07) is 10.2. The minimum Gasteiger partial charge on any atom is -0.490 e. The Morgan fingerprint density at radius 3 is 2.56 bits per heavy atom. The first-order chi connectivity index (χ1) is 8.70. The zero-order chi connectivity index (χ0) is 13.0. The van der Waals surface area contributed by atoms with Crippen LogP contribution in [0.5, 0.6) is 11.5 Å². The Morgan fingerprint density at radius 1 is 1.22 bits per heavy atom. The molecule has 1 heterocycles. The van der Waals surface area contributed by atoms with Gasteiger partial charge in [-0.25, -0.2) is 4.79 Å². The van der Waals surface area contributed by atoms with Crippen molar-refractivity contribution in [1.82, 2.24) is 0 Å². The van der Waals surface area contributed by atoms with Crippen molar-refractivity contribution in [3.8, 4) is 11.5 Å². The van der Waals surface area contributed by atoms with E-state index in [0.29, 0.717) is 22.8 Å². The molecule has 0 radical (unpaired) electrons. The molecule has 0 atom stereocenters. The lowest BCUT2D eigenvalue weighted by Gasteiger charge is -2.08. The molecule has 0 aliphatic rings. The van der Waals surface area contributed by atoms with Crippen molar-refractivity contribution < 1.29 is 18.7 Å². The highest BCUT2D eigenvalue weighted by molar-refractivity contribution is 9.10. The number of carbonyl (C=O) groups excluding carboxylic acids is 1. The third-order valence-electron chi connectivity index (χ3n) is 2.13. The van der Waals surface area contributed by atoms with Gasteiger partial charge in [0.25, 0.3) is 0 Å². The van der Waals surface area contributed by atoms with Crippen molar-refractivity contribution in [3.05, 3.63) is 46.8 Å². The molecule has 5 heteroatoms. The van der Waals surface area contributed by atoms with Gasteiger partial charge in [-0.05, 0) is 47.1 Å². The van der Waals surface area contributed by atoms with E-state index in [1.807, 2.05) is 13.0 Å². The number of rotatable bonds is 4. The van der Waals surface area contributed by atoms with Crippen LogP contribution in [-0.2, 0) is 0 Å². The fourth-order valence-electron chi connectivity index (χ4n) is 1.38. The lowest BCUT2D eigenvalue weighted by atomic mass is 10.3. The summed E-state index contributed by atoms with van der Waals surface area (Å²) in [5.74, 6) is 0.469. The number of furan rings is 1. The summed E-state index contributed by atoms with van der Waals surface area (Å²) in [5, 5.41) is 0. The molecular formula is C13H11BrO4. The summed E-state index contributed by atoms with van der Waals surface area (Å²) in [6.45, 7) is 2.36. The molecule has 1 aromatic carbocycles. The summed E-state index contributed by atoms with van der Waals surface area (Å²) in [5.41, 5.74) is 0. The van der Waals surface area contributed by atoms with Crippen molar-refractivity contribution in [2.45, 2.75) is 6.92 Å². The summed E-state index contributed by atoms with van der Waals surface area (Å²) < 4.78 is 16.2. The smallest absolute Gasteiger partial charge is 0.379 e. The molecule has 18 heavy (non-hydrogen) atoms. The van der Waals surface area contributed by atoms with E-state index in [1.54, 1.807) is 24.3 Å². The Kier molecular flexibility index (Phi) is 4.04. The van der Waals surface area contributed by atoms with Gasteiger partial charge >= 0.3 is 5.97 Å². The number of hydrogen-bond donors (Lipinski definition) is 0. The zero-order valence-electron chi connectivity index (χ0n) is 9.68. The van der Waals surface area contributed by atoms with E-state index in [9.17, 15) is 4.79 Å². The first-order valence-electron chi connectivity index (χ1n) is 5.40. The second kappa shape index (κ2) is 5.73. The van der Waals surface area contributed by atoms with Crippen molar-refractivity contribution in [2.24, 2.45) is 0 Å². The predicted octanol–water partition coefficient (Wildman–Crippen LogP) is 3.66. The van der Waals surface area contributed by atoms with Crippen LogP contribution in [-0.4, -0.2) is 12.6 Å². The van der Waals surface area contributed by atoms with Crippen LogP contribution in [0.15, 0.2) is 45.5 Å². The molecule has 0 bridgehead atoms. The highest BCUT2D eigenvalue weighted by atomic mass is 79.9. The molecule has 0 spiro atoms. The van der Waals surface area contributed by atoms with Crippen molar-refractivity contribution in [2.75, 3.05) is 6.61 Å². The molecule has 0 unspecified atom stereocenters. The zero-order valence-corrected chi connectivity index (χ0v) is 11.3. The quantitative estimate of drug-likeness (QED) is 0.638. The molecule has 0 fully saturated rings. The Morgan fingerprint density at radius 2 is 1.94 bits per heavy atom. The van der Waals surface area contributed by atoms with E-state index in [-0.39, 0.29) is 5.76 Å². The molecule has 0 saturated carbocycles. The summed E-state index contributed by atoms with van der Waals surface area (Å²) in [4.78, 5) is 11.8. The Bertz CT molecular complexity index is 547. The largest absolute Gasteiger partial charge is 0.490 e. The molecule has 0 N–H and O–H groups in total. The average molecular weight is 311 g/mol. The minimum atomic E-state index is -0.562. The lowest BCUT2D eigenvalue weighted by molar-refractivity contribution is 0.0693. The van der Waals surface area contributed by atoms with Crippen molar-refractivity contribution in [1.29, 1.82) is 0 Å². The Hall–Kier alpha value is -1.75. The second-order valence-corrected chi connectivity index (χ2v) is 4.15. The van der Waals surface area contributed by atoms with Crippen LogP contribution in [0, 0.1) is 0 Å². The van der Waals surface area contributed by atoms with E-state index in [2.05, 4.69) is 15.9 Å². The van der Waals surface area contributed by atoms with Crippen LogP contribution >= 0.6 is 15.9 Å². The normalized spacial score (nSPS) is 10.1. The van der Waals surface area contributed by atoms with Gasteiger partial charge in [-0.15, -0.1) is 0 Å². The van der Waals surface area contributed by atoms with Gasteiger partial charge in [-0.2, -0.15) is 0 Å². The number of ether oxygens (including phenoxy) is 2. The third-order valence-corrected chi connectivity index (χ3v) is 2.55. The van der Waals surface area contributed by atoms with Crippen molar-refractivity contribution in [3.63, 3.8) is 0 Å². The van der Waals surface area contributed by atoms with Gasteiger partial charge in [0.15, 0.2) is 16.2 Å². The molecule has 0 aliphatic heterocycles. The minimum absolute atomic E-state index is 0.133. The maximum Gasteiger partial charge on any atom is 0.379 e. The lowest BCUT2D eigenvalue weighted by Crippen LogP contribution is -2.08. The van der Waals surface area contributed by atoms with Crippen LogP contribution in [0.3, 0.4) is 0 Å². The molecule has 1 aromatic heterocycles. The monoisotopic (exact) mass is 310 g/mol. The molecule has 0 amide bonds. The molecule has 0 aliphatic carbocycles. The van der Waals surface area contributed by atoms with E-state index in [0.717, 1.165) is 0 Å². The number of para-hydroxylation sites is 2. The molecular weight excluding hydrogens is 300 g/mol. The number of esters is 1. The van der Waals surface area contributed by atoms with E-state index in [4.69, 9.17) is 13.9 Å². The fourth-order valence-corrected chi connectivity index (χ4v) is 1.69. The van der Waals surface area contributed by atoms with Gasteiger partial charge in [0, 0.05) is 0 Å². The van der Waals surface area contributed by atoms with Crippen LogP contribution in [0.1, 0.15) is 17.5 Å². The first-order valence-corrected chi connectivity index (χ1v) is 6.19. The molecule has 4 nitrogen and oxygen atoms in total. The van der Waals surface area contributed by atoms with Gasteiger partial charge < -0.3 is 13.9 Å². The highest BCUT2D eigenvalue weighted by Crippen LogP contribution is 2.27. The summed E-state index contributed by atoms with van der Waals surface area (Å²) in [7, 11) is 0. The van der Waals surface area contributed by atoms with Crippen LogP contribution in [0.4, 0.5) is 0 Å². The van der Waals surface area contributed by atoms with Gasteiger partial charge in [-0.1, -0.05) is 12.1 Å². The van der Waals surface area contributed by atoms with Crippen LogP contribution in [0.2, 0.25) is 0 Å². The van der Waals surface area contributed by atoms with Gasteiger partial charge in [-0.3, -0.25) is 0 Å². The number of carbonyl (C=O) groups is 1. The van der Waals surface area contributed by atoms with E-state index in [1.165, 1.54) is 6.07 Å². The second-order valence-electron chi connectivity index (χ2n) is 3.37. The molecule has 2 rings (SSSR count). The molecule has 2 aromatic rings. The van der Waals surface area contributed by atoms with E-state index < -0.39 is 5.97 Å². The maximum absolute atomic E-state index is 11.8. The molecule has 0 saturated heterocycles. The van der Waals surface area contributed by atoms with E-state index >= 15 is 0 Å². The number of halogens is 1. The fraction of sp³-hybridized carbons (Fsp3) is 0.154. The van der Waals surface area contributed by atoms with Crippen LogP contribution in [0.25, 0.3) is 0 Å². The van der Waals surface area contributed by atoms with Crippen LogP contribution < -0.4 is 9.47 Å². The summed E-state index contributed by atoms with van der Waals surface area (Å²) in [6.07, 6.45) is 0. The highest BCUT2D eigenvalue weighted by Gasteiger charge is 2.15. The summed E-state index contributed by atoms with van der Waals surface area (Å²) >= 11 is 3.13. The first kappa shape index (κ1) is 12.7. The number of hydrogen-bond acceptors (Lipinski definition) is 4. The third kappa shape index (κ3) is 2.92.